The molecule has 0 aliphatic heterocycles. The molecule has 5 rings (SSSR count). The molecule has 2 heterocycles. The van der Waals surface area contributed by atoms with Gasteiger partial charge in [0.1, 0.15) is 6.04 Å². The lowest BCUT2D eigenvalue weighted by Crippen LogP contribution is -2.54. The van der Waals surface area contributed by atoms with Gasteiger partial charge in [-0.2, -0.15) is 4.31 Å². The van der Waals surface area contributed by atoms with E-state index in [0.29, 0.717) is 12.8 Å². The van der Waals surface area contributed by atoms with E-state index in [2.05, 4.69) is 30.7 Å². The summed E-state index contributed by atoms with van der Waals surface area (Å²) >= 11 is 0. The Labute approximate surface area is 241 Å². The fourth-order valence-electron chi connectivity index (χ4n) is 5.66. The molecule has 214 valence electrons. The van der Waals surface area contributed by atoms with Crippen LogP contribution in [0.3, 0.4) is 0 Å². The Balaban J connectivity index is 1.61. The van der Waals surface area contributed by atoms with Gasteiger partial charge in [-0.05, 0) is 59.2 Å². The number of para-hydroxylation sites is 2. The summed E-state index contributed by atoms with van der Waals surface area (Å²) in [7, 11) is -4.12. The summed E-state index contributed by atoms with van der Waals surface area (Å²) in [5.41, 5.74) is 10.7. The van der Waals surface area contributed by atoms with Gasteiger partial charge in [0.05, 0.1) is 4.90 Å². The number of hydrogen-bond donors (Lipinski definition) is 3. The first-order chi connectivity index (χ1) is 19.5. The number of nitrogens with one attached hydrogen (secondary N) is 2. The molecule has 0 saturated carbocycles. The van der Waals surface area contributed by atoms with Crippen molar-refractivity contribution in [3.8, 4) is 0 Å². The highest BCUT2D eigenvalue weighted by molar-refractivity contribution is 7.89. The summed E-state index contributed by atoms with van der Waals surface area (Å²) in [5, 5.41) is 1.97. The molecule has 2 atom stereocenters. The number of carbonyl (C=O) groups is 1. The molecule has 0 aliphatic carbocycles. The minimum atomic E-state index is -4.12. The van der Waals surface area contributed by atoms with Crippen LogP contribution in [0.25, 0.3) is 21.8 Å². The van der Waals surface area contributed by atoms with Gasteiger partial charge in [-0.25, -0.2) is 8.42 Å². The van der Waals surface area contributed by atoms with E-state index in [1.54, 1.807) is 12.1 Å². The molecule has 0 saturated heterocycles. The van der Waals surface area contributed by atoms with Crippen molar-refractivity contribution < 1.29 is 13.2 Å². The third-order valence-corrected chi connectivity index (χ3v) is 9.96. The molecule has 0 radical (unpaired) electrons. The zero-order chi connectivity index (χ0) is 29.4. The maximum Gasteiger partial charge on any atom is 0.244 e. The first-order valence-corrected chi connectivity index (χ1v) is 15.5. The number of carbonyl (C=O) groups excluding carboxylic acids is 1. The van der Waals surface area contributed by atoms with Crippen molar-refractivity contribution in [1.29, 1.82) is 0 Å². The lowest BCUT2D eigenvalue weighted by Gasteiger charge is -2.35. The van der Waals surface area contributed by atoms with Crippen molar-refractivity contribution in [2.24, 2.45) is 5.73 Å². The lowest BCUT2D eigenvalue weighted by atomic mass is 9.87. The first kappa shape index (κ1) is 28.6. The van der Waals surface area contributed by atoms with Crippen LogP contribution in [-0.4, -0.2) is 40.7 Å². The second-order valence-electron chi connectivity index (χ2n) is 11.7. The summed E-state index contributed by atoms with van der Waals surface area (Å²) in [6, 6.07) is 21.1. The normalized spacial score (nSPS) is 14.1. The van der Waals surface area contributed by atoms with E-state index in [1.807, 2.05) is 80.0 Å². The standard InChI is InChI=1S/C33H38N4O3S/c1-5-25(18-22-20-35-29-12-8-6-10-27(22)29)37(41(39,40)26-16-14-24(15-17-26)33(2,3)4)31(32(34)38)19-23-21-36-30-13-9-7-11-28(23)30/h6-17,20-21,25,31,35-36H,5,18-19H2,1-4H3,(H2,34,38). The van der Waals surface area contributed by atoms with Crippen molar-refractivity contribution in [1.82, 2.24) is 14.3 Å². The van der Waals surface area contributed by atoms with Crippen LogP contribution in [-0.2, 0) is 33.1 Å². The SMILES string of the molecule is CCC(Cc1c[nH]c2ccccc12)N(C(Cc1c[nH]c2ccccc12)C(N)=O)S(=O)(=O)c1ccc(C(C)(C)C)cc1. The number of primary amides is 1. The monoisotopic (exact) mass is 570 g/mol. The highest BCUT2D eigenvalue weighted by atomic mass is 32.2. The average Bonchev–Trinajstić information content (AvgIpc) is 3.55. The van der Waals surface area contributed by atoms with Gasteiger partial charge in [-0.15, -0.1) is 0 Å². The fraction of sp³-hybridized carbons (Fsp3) is 0.303. The van der Waals surface area contributed by atoms with E-state index >= 15 is 0 Å². The maximum atomic E-state index is 14.5. The Hall–Kier alpha value is -3.88. The lowest BCUT2D eigenvalue weighted by molar-refractivity contribution is -0.122. The zero-order valence-corrected chi connectivity index (χ0v) is 24.8. The van der Waals surface area contributed by atoms with Crippen LogP contribution < -0.4 is 5.73 Å². The molecule has 5 aromatic rings. The van der Waals surface area contributed by atoms with Gasteiger partial charge < -0.3 is 15.7 Å². The minimum absolute atomic E-state index is 0.131. The number of H-pyrrole nitrogens is 2. The van der Waals surface area contributed by atoms with Crippen LogP contribution in [0.4, 0.5) is 0 Å². The first-order valence-electron chi connectivity index (χ1n) is 14.0. The molecular formula is C33H38N4O3S. The highest BCUT2D eigenvalue weighted by Crippen LogP contribution is 2.31. The highest BCUT2D eigenvalue weighted by Gasteiger charge is 2.40. The molecule has 2 aromatic heterocycles. The number of aromatic nitrogens is 2. The Morgan fingerprint density at radius 3 is 1.83 bits per heavy atom. The van der Waals surface area contributed by atoms with Gasteiger partial charge >= 0.3 is 0 Å². The number of aromatic amines is 2. The number of sulfonamides is 1. The number of benzene rings is 3. The van der Waals surface area contributed by atoms with Gasteiger partial charge in [0.15, 0.2) is 0 Å². The molecular weight excluding hydrogens is 532 g/mol. The Morgan fingerprint density at radius 2 is 1.34 bits per heavy atom. The van der Waals surface area contributed by atoms with Gasteiger partial charge in [-0.1, -0.05) is 76.2 Å². The molecule has 0 spiro atoms. The summed E-state index contributed by atoms with van der Waals surface area (Å²) in [4.78, 5) is 19.9. The molecule has 8 heteroatoms. The number of nitrogens with zero attached hydrogens (tertiary/aromatic N) is 1. The van der Waals surface area contributed by atoms with E-state index in [0.717, 1.165) is 38.5 Å². The summed E-state index contributed by atoms with van der Waals surface area (Å²) in [6.45, 7) is 8.21. The summed E-state index contributed by atoms with van der Waals surface area (Å²) in [6.07, 6.45) is 4.84. The second kappa shape index (κ2) is 11.2. The van der Waals surface area contributed by atoms with E-state index in [9.17, 15) is 13.2 Å². The van der Waals surface area contributed by atoms with Gasteiger partial charge in [0.2, 0.25) is 15.9 Å². The molecule has 0 aliphatic rings. The predicted molar refractivity (Wildman–Crippen MR) is 165 cm³/mol. The molecule has 2 unspecified atom stereocenters. The van der Waals surface area contributed by atoms with Gasteiger partial charge in [0.25, 0.3) is 0 Å². The Morgan fingerprint density at radius 1 is 0.829 bits per heavy atom. The van der Waals surface area contributed by atoms with Crippen molar-refractivity contribution in [3.05, 3.63) is 102 Å². The number of nitrogens with two attached hydrogens (primary N) is 1. The molecule has 0 fully saturated rings. The topological polar surface area (TPSA) is 112 Å². The van der Waals surface area contributed by atoms with Crippen molar-refractivity contribution in [2.45, 2.75) is 69.4 Å². The third-order valence-electron chi connectivity index (χ3n) is 7.98. The molecule has 3 aromatic carbocycles. The fourth-order valence-corrected chi connectivity index (χ4v) is 7.51. The third kappa shape index (κ3) is 5.67. The molecule has 7 nitrogen and oxygen atoms in total. The number of rotatable bonds is 10. The second-order valence-corrected chi connectivity index (χ2v) is 13.6. The molecule has 1 amide bonds. The van der Waals surface area contributed by atoms with E-state index in [4.69, 9.17) is 5.73 Å². The van der Waals surface area contributed by atoms with Gasteiger partial charge in [-0.3, -0.25) is 4.79 Å². The number of hydrogen-bond acceptors (Lipinski definition) is 3. The zero-order valence-electron chi connectivity index (χ0n) is 24.0. The largest absolute Gasteiger partial charge is 0.368 e. The maximum absolute atomic E-state index is 14.5. The van der Waals surface area contributed by atoms with Crippen molar-refractivity contribution >= 4 is 37.7 Å². The van der Waals surface area contributed by atoms with Crippen LogP contribution in [0.2, 0.25) is 0 Å². The molecule has 41 heavy (non-hydrogen) atoms. The summed E-state index contributed by atoms with van der Waals surface area (Å²) in [5.74, 6) is -0.678. The minimum Gasteiger partial charge on any atom is -0.368 e. The predicted octanol–water partition coefficient (Wildman–Crippen LogP) is 6.06. The quantitative estimate of drug-likeness (QED) is 0.190. The number of fused-ring (bicyclic) bond motifs is 2. The van der Waals surface area contributed by atoms with Crippen molar-refractivity contribution in [3.63, 3.8) is 0 Å². The number of amides is 1. The smallest absolute Gasteiger partial charge is 0.244 e. The molecule has 0 bridgehead atoms. The van der Waals surface area contributed by atoms with Crippen LogP contribution in [0, 0.1) is 0 Å². The van der Waals surface area contributed by atoms with E-state index in [-0.39, 0.29) is 16.7 Å². The van der Waals surface area contributed by atoms with Gasteiger partial charge in [0, 0.05) is 46.7 Å². The average molecular weight is 571 g/mol. The Kier molecular flexibility index (Phi) is 7.81. The van der Waals surface area contributed by atoms with Crippen molar-refractivity contribution in [2.75, 3.05) is 0 Å². The van der Waals surface area contributed by atoms with Crippen LogP contribution >= 0.6 is 0 Å². The summed E-state index contributed by atoms with van der Waals surface area (Å²) < 4.78 is 30.4. The Bertz CT molecular complexity index is 1780. The van der Waals surface area contributed by atoms with E-state index in [1.165, 1.54) is 4.31 Å². The van der Waals surface area contributed by atoms with Crippen LogP contribution in [0.15, 0.2) is 90.1 Å². The molecule has 4 N–H and O–H groups in total. The van der Waals surface area contributed by atoms with E-state index < -0.39 is 28.0 Å². The van der Waals surface area contributed by atoms with Crippen LogP contribution in [0.1, 0.15) is 50.8 Å². The van der Waals surface area contributed by atoms with Crippen LogP contribution in [0.5, 0.6) is 0 Å².